The molecule has 0 aliphatic rings. The van der Waals surface area contributed by atoms with Gasteiger partial charge in [-0.1, -0.05) is 6.07 Å². The SMILES string of the molecule is Cc1ccc(NC(=O)c2sc3nc(C)c(C)c(C)c3c2N)cc1C. The number of carbonyl (C=O) groups excluding carboxylic acids is 1. The highest BCUT2D eigenvalue weighted by Crippen LogP contribution is 2.36. The van der Waals surface area contributed by atoms with Gasteiger partial charge in [0.1, 0.15) is 9.71 Å². The summed E-state index contributed by atoms with van der Waals surface area (Å²) in [6.45, 7) is 10.1. The van der Waals surface area contributed by atoms with Crippen LogP contribution in [0.25, 0.3) is 10.2 Å². The molecule has 3 aromatic rings. The Balaban J connectivity index is 2.02. The summed E-state index contributed by atoms with van der Waals surface area (Å²) in [6, 6.07) is 5.87. The molecule has 0 aliphatic carbocycles. The summed E-state index contributed by atoms with van der Waals surface area (Å²) in [4.78, 5) is 18.6. The van der Waals surface area contributed by atoms with E-state index in [1.807, 2.05) is 52.8 Å². The number of thiophene rings is 1. The van der Waals surface area contributed by atoms with Crippen molar-refractivity contribution in [3.8, 4) is 0 Å². The zero-order valence-corrected chi connectivity index (χ0v) is 15.4. The predicted octanol–water partition coefficient (Wildman–Crippen LogP) is 4.67. The van der Waals surface area contributed by atoms with Gasteiger partial charge in [0, 0.05) is 16.8 Å². The summed E-state index contributed by atoms with van der Waals surface area (Å²) in [7, 11) is 0. The minimum Gasteiger partial charge on any atom is -0.397 e. The van der Waals surface area contributed by atoms with Crippen molar-refractivity contribution < 1.29 is 4.79 Å². The number of fused-ring (bicyclic) bond motifs is 1. The molecule has 0 bridgehead atoms. The molecular formula is C19H21N3OS. The Morgan fingerprint density at radius 1 is 1.08 bits per heavy atom. The summed E-state index contributed by atoms with van der Waals surface area (Å²) in [5.41, 5.74) is 13.1. The lowest BCUT2D eigenvalue weighted by Gasteiger charge is -2.07. The zero-order chi connectivity index (χ0) is 17.6. The second-order valence-corrected chi connectivity index (χ2v) is 7.22. The van der Waals surface area contributed by atoms with Gasteiger partial charge >= 0.3 is 0 Å². The smallest absolute Gasteiger partial charge is 0.267 e. The number of aryl methyl sites for hydroxylation is 4. The molecule has 0 saturated heterocycles. The average Bonchev–Trinajstić information content (AvgIpc) is 2.85. The van der Waals surface area contributed by atoms with Gasteiger partial charge in [-0.25, -0.2) is 4.98 Å². The lowest BCUT2D eigenvalue weighted by atomic mass is 10.1. The molecular weight excluding hydrogens is 318 g/mol. The molecule has 0 spiro atoms. The van der Waals surface area contributed by atoms with Gasteiger partial charge in [0.2, 0.25) is 0 Å². The maximum absolute atomic E-state index is 12.7. The number of nitrogens with two attached hydrogens (primary N) is 1. The molecule has 0 radical (unpaired) electrons. The first-order chi connectivity index (χ1) is 11.3. The van der Waals surface area contributed by atoms with E-state index in [2.05, 4.69) is 10.3 Å². The molecule has 1 amide bonds. The first-order valence-corrected chi connectivity index (χ1v) is 8.65. The lowest BCUT2D eigenvalue weighted by molar-refractivity contribution is 0.103. The topological polar surface area (TPSA) is 68.0 Å². The molecule has 0 fully saturated rings. The number of nitrogen functional groups attached to an aromatic ring is 1. The van der Waals surface area contributed by atoms with E-state index in [1.54, 1.807) is 0 Å². The summed E-state index contributed by atoms with van der Waals surface area (Å²) < 4.78 is 0. The normalized spacial score (nSPS) is 11.0. The van der Waals surface area contributed by atoms with Gasteiger partial charge in [-0.3, -0.25) is 4.79 Å². The highest BCUT2D eigenvalue weighted by molar-refractivity contribution is 7.21. The van der Waals surface area contributed by atoms with Crippen molar-refractivity contribution in [1.82, 2.24) is 4.98 Å². The van der Waals surface area contributed by atoms with E-state index in [9.17, 15) is 4.79 Å². The fraction of sp³-hybridized carbons (Fsp3) is 0.263. The molecule has 0 unspecified atom stereocenters. The van der Waals surface area contributed by atoms with Crippen LogP contribution in [0.3, 0.4) is 0 Å². The van der Waals surface area contributed by atoms with Gasteiger partial charge in [0.05, 0.1) is 5.69 Å². The molecule has 4 nitrogen and oxygen atoms in total. The van der Waals surface area contributed by atoms with Crippen molar-refractivity contribution in [3.63, 3.8) is 0 Å². The second-order valence-electron chi connectivity index (χ2n) is 6.23. The minimum absolute atomic E-state index is 0.187. The lowest BCUT2D eigenvalue weighted by Crippen LogP contribution is -2.12. The molecule has 3 N–H and O–H groups in total. The molecule has 0 saturated carbocycles. The van der Waals surface area contributed by atoms with Crippen LogP contribution in [-0.4, -0.2) is 10.9 Å². The van der Waals surface area contributed by atoms with E-state index in [0.717, 1.165) is 38.3 Å². The van der Waals surface area contributed by atoms with Gasteiger partial charge in [-0.15, -0.1) is 11.3 Å². The van der Waals surface area contributed by atoms with Crippen molar-refractivity contribution in [1.29, 1.82) is 0 Å². The molecule has 0 aliphatic heterocycles. The standard InChI is InChI=1S/C19H21N3OS/c1-9-6-7-14(8-10(9)2)22-18(23)17-16(20)15-12(4)11(3)13(5)21-19(15)24-17/h6-8H,20H2,1-5H3,(H,22,23). The van der Waals surface area contributed by atoms with E-state index >= 15 is 0 Å². The van der Waals surface area contributed by atoms with Crippen molar-refractivity contribution in [2.24, 2.45) is 0 Å². The Kier molecular flexibility index (Phi) is 4.05. The van der Waals surface area contributed by atoms with Crippen LogP contribution in [0.1, 0.15) is 37.6 Å². The van der Waals surface area contributed by atoms with Gasteiger partial charge in [-0.05, 0) is 69.0 Å². The van der Waals surface area contributed by atoms with Crippen LogP contribution >= 0.6 is 11.3 Å². The van der Waals surface area contributed by atoms with Gasteiger partial charge in [-0.2, -0.15) is 0 Å². The Hall–Kier alpha value is -2.40. The molecule has 24 heavy (non-hydrogen) atoms. The molecule has 2 heterocycles. The molecule has 5 heteroatoms. The average molecular weight is 339 g/mol. The first-order valence-electron chi connectivity index (χ1n) is 7.84. The molecule has 124 valence electrons. The number of anilines is 2. The Labute approximate surface area is 145 Å². The number of carbonyl (C=O) groups is 1. The van der Waals surface area contributed by atoms with Gasteiger partial charge in [0.15, 0.2) is 0 Å². The molecule has 1 aromatic carbocycles. The number of benzene rings is 1. The summed E-state index contributed by atoms with van der Waals surface area (Å²) in [5.74, 6) is -0.187. The number of hydrogen-bond donors (Lipinski definition) is 2. The highest BCUT2D eigenvalue weighted by Gasteiger charge is 2.20. The van der Waals surface area contributed by atoms with E-state index in [4.69, 9.17) is 5.73 Å². The van der Waals surface area contributed by atoms with Crippen LogP contribution in [0.4, 0.5) is 11.4 Å². The number of aromatic nitrogens is 1. The van der Waals surface area contributed by atoms with Gasteiger partial charge in [0.25, 0.3) is 5.91 Å². The number of amides is 1. The van der Waals surface area contributed by atoms with E-state index in [1.165, 1.54) is 16.9 Å². The van der Waals surface area contributed by atoms with Crippen LogP contribution in [0.2, 0.25) is 0 Å². The number of rotatable bonds is 2. The van der Waals surface area contributed by atoms with Crippen LogP contribution in [-0.2, 0) is 0 Å². The van der Waals surface area contributed by atoms with Crippen LogP contribution in [0, 0.1) is 34.6 Å². The highest BCUT2D eigenvalue weighted by atomic mass is 32.1. The van der Waals surface area contributed by atoms with E-state index in [0.29, 0.717) is 10.6 Å². The third-order valence-electron chi connectivity index (χ3n) is 4.65. The van der Waals surface area contributed by atoms with Crippen molar-refractivity contribution in [3.05, 3.63) is 51.0 Å². The number of hydrogen-bond acceptors (Lipinski definition) is 4. The Bertz CT molecular complexity index is 973. The minimum atomic E-state index is -0.187. The maximum Gasteiger partial charge on any atom is 0.267 e. The summed E-state index contributed by atoms with van der Waals surface area (Å²) in [6.07, 6.45) is 0. The first kappa shape index (κ1) is 16.5. The Morgan fingerprint density at radius 3 is 2.46 bits per heavy atom. The molecule has 0 atom stereocenters. The third kappa shape index (κ3) is 2.65. The fourth-order valence-electron chi connectivity index (χ4n) is 2.74. The molecule has 3 rings (SSSR count). The Morgan fingerprint density at radius 2 is 1.79 bits per heavy atom. The molecule has 2 aromatic heterocycles. The summed E-state index contributed by atoms with van der Waals surface area (Å²) >= 11 is 1.35. The number of pyridine rings is 1. The van der Waals surface area contributed by atoms with Crippen LogP contribution < -0.4 is 11.1 Å². The van der Waals surface area contributed by atoms with E-state index < -0.39 is 0 Å². The summed E-state index contributed by atoms with van der Waals surface area (Å²) in [5, 5.41) is 3.84. The van der Waals surface area contributed by atoms with Crippen molar-refractivity contribution >= 4 is 38.8 Å². The number of nitrogens with zero attached hydrogens (tertiary/aromatic N) is 1. The van der Waals surface area contributed by atoms with Crippen molar-refractivity contribution in [2.45, 2.75) is 34.6 Å². The predicted molar refractivity (Wildman–Crippen MR) is 102 cm³/mol. The largest absolute Gasteiger partial charge is 0.397 e. The monoisotopic (exact) mass is 339 g/mol. The quantitative estimate of drug-likeness (QED) is 0.713. The fourth-order valence-corrected chi connectivity index (χ4v) is 3.84. The van der Waals surface area contributed by atoms with Crippen molar-refractivity contribution in [2.75, 3.05) is 11.1 Å². The third-order valence-corrected chi connectivity index (χ3v) is 5.75. The number of nitrogens with one attached hydrogen (secondary N) is 1. The van der Waals surface area contributed by atoms with Crippen LogP contribution in [0.15, 0.2) is 18.2 Å². The zero-order valence-electron chi connectivity index (χ0n) is 14.6. The second kappa shape index (κ2) is 5.91. The van der Waals surface area contributed by atoms with Gasteiger partial charge < -0.3 is 11.1 Å². The van der Waals surface area contributed by atoms with Crippen LogP contribution in [0.5, 0.6) is 0 Å². The maximum atomic E-state index is 12.7. The van der Waals surface area contributed by atoms with E-state index in [-0.39, 0.29) is 5.91 Å².